The van der Waals surface area contributed by atoms with Crippen LogP contribution in [-0.4, -0.2) is 17.3 Å². The summed E-state index contributed by atoms with van der Waals surface area (Å²) in [5.41, 5.74) is 0.00923. The minimum Gasteiger partial charge on any atom is -0.388 e. The van der Waals surface area contributed by atoms with Gasteiger partial charge in [0.25, 0.3) is 0 Å². The number of rotatable bonds is 5. The Bertz CT molecular complexity index is 422. The highest BCUT2D eigenvalue weighted by Crippen LogP contribution is 2.19. The van der Waals surface area contributed by atoms with Gasteiger partial charge in [-0.25, -0.2) is 4.39 Å². The molecule has 1 aromatic rings. The van der Waals surface area contributed by atoms with Crippen molar-refractivity contribution in [2.75, 3.05) is 11.9 Å². The summed E-state index contributed by atoms with van der Waals surface area (Å²) in [5.74, 6) is -0.437. The Morgan fingerprint density at radius 3 is 2.59 bits per heavy atom. The lowest BCUT2D eigenvalue weighted by Gasteiger charge is -2.26. The summed E-state index contributed by atoms with van der Waals surface area (Å²) in [4.78, 5) is 0. The van der Waals surface area contributed by atoms with E-state index in [4.69, 9.17) is 5.26 Å². The van der Waals surface area contributed by atoms with Crippen LogP contribution in [0.25, 0.3) is 0 Å². The molecule has 0 aliphatic rings. The molecule has 0 bridgehead atoms. The molecule has 17 heavy (non-hydrogen) atoms. The van der Waals surface area contributed by atoms with Crippen molar-refractivity contribution in [1.29, 1.82) is 5.26 Å². The standard InChI is InChI=1S/C13H17FN2O/c1-3-13(17,4-2)9-16-12-6-5-11(14)7-10(12)8-15/h5-7,16-17H,3-4,9H2,1-2H3. The van der Waals surface area contributed by atoms with E-state index < -0.39 is 11.4 Å². The molecule has 0 saturated heterocycles. The van der Waals surface area contributed by atoms with Crippen LogP contribution in [-0.2, 0) is 0 Å². The zero-order chi connectivity index (χ0) is 12.9. The predicted octanol–water partition coefficient (Wildman–Crippen LogP) is 2.66. The van der Waals surface area contributed by atoms with Crippen molar-refractivity contribution in [3.8, 4) is 6.07 Å². The first-order valence-electron chi connectivity index (χ1n) is 5.70. The van der Waals surface area contributed by atoms with Crippen LogP contribution in [0.15, 0.2) is 18.2 Å². The Kier molecular flexibility index (Phi) is 4.47. The molecule has 4 heteroatoms. The van der Waals surface area contributed by atoms with Gasteiger partial charge < -0.3 is 10.4 Å². The first kappa shape index (κ1) is 13.5. The van der Waals surface area contributed by atoms with Gasteiger partial charge in [0.15, 0.2) is 0 Å². The van der Waals surface area contributed by atoms with Crippen molar-refractivity contribution in [1.82, 2.24) is 0 Å². The molecular formula is C13H17FN2O. The van der Waals surface area contributed by atoms with Gasteiger partial charge in [0.05, 0.1) is 16.9 Å². The van der Waals surface area contributed by atoms with E-state index in [9.17, 15) is 9.50 Å². The minimum atomic E-state index is -0.791. The molecule has 0 aliphatic carbocycles. The van der Waals surface area contributed by atoms with E-state index >= 15 is 0 Å². The molecule has 92 valence electrons. The number of hydrogen-bond donors (Lipinski definition) is 2. The third-order valence-corrected chi connectivity index (χ3v) is 3.03. The van der Waals surface area contributed by atoms with Crippen LogP contribution < -0.4 is 5.32 Å². The summed E-state index contributed by atoms with van der Waals surface area (Å²) in [6, 6.07) is 5.91. The van der Waals surface area contributed by atoms with Gasteiger partial charge in [-0.1, -0.05) is 13.8 Å². The van der Waals surface area contributed by atoms with Crippen LogP contribution in [0.3, 0.4) is 0 Å². The summed E-state index contributed by atoms with van der Waals surface area (Å²) < 4.78 is 12.9. The maximum absolute atomic E-state index is 12.9. The quantitative estimate of drug-likeness (QED) is 0.826. The van der Waals surface area contributed by atoms with Gasteiger partial charge in [0.1, 0.15) is 11.9 Å². The number of halogens is 1. The molecule has 2 N–H and O–H groups in total. The Morgan fingerprint density at radius 1 is 1.41 bits per heavy atom. The Balaban J connectivity index is 2.80. The molecule has 0 spiro atoms. The fourth-order valence-electron chi connectivity index (χ4n) is 1.52. The average molecular weight is 236 g/mol. The molecule has 0 aromatic heterocycles. The third-order valence-electron chi connectivity index (χ3n) is 3.03. The van der Waals surface area contributed by atoms with Crippen LogP contribution in [0.1, 0.15) is 32.3 Å². The monoisotopic (exact) mass is 236 g/mol. The molecule has 0 atom stereocenters. The van der Waals surface area contributed by atoms with Gasteiger partial charge in [-0.15, -0.1) is 0 Å². The van der Waals surface area contributed by atoms with E-state index in [0.29, 0.717) is 25.1 Å². The Hall–Kier alpha value is -1.60. The number of benzene rings is 1. The Morgan fingerprint density at radius 2 is 2.06 bits per heavy atom. The molecule has 0 unspecified atom stereocenters. The molecule has 0 heterocycles. The van der Waals surface area contributed by atoms with Crippen molar-refractivity contribution in [3.05, 3.63) is 29.6 Å². The lowest BCUT2D eigenvalue weighted by atomic mass is 9.97. The highest BCUT2D eigenvalue weighted by Gasteiger charge is 2.22. The molecule has 1 aromatic carbocycles. The number of nitrogens with zero attached hydrogens (tertiary/aromatic N) is 1. The third kappa shape index (κ3) is 3.43. The van der Waals surface area contributed by atoms with Crippen LogP contribution in [0.4, 0.5) is 10.1 Å². The molecule has 3 nitrogen and oxygen atoms in total. The van der Waals surface area contributed by atoms with E-state index in [0.717, 1.165) is 0 Å². The van der Waals surface area contributed by atoms with Gasteiger partial charge in [-0.05, 0) is 31.0 Å². The van der Waals surface area contributed by atoms with Crippen LogP contribution in [0, 0.1) is 17.1 Å². The highest BCUT2D eigenvalue weighted by molar-refractivity contribution is 5.57. The SMILES string of the molecule is CCC(O)(CC)CNc1ccc(F)cc1C#N. The molecule has 0 aliphatic heterocycles. The van der Waals surface area contributed by atoms with Crippen molar-refractivity contribution in [2.24, 2.45) is 0 Å². The zero-order valence-corrected chi connectivity index (χ0v) is 10.1. The van der Waals surface area contributed by atoms with Gasteiger partial charge in [0, 0.05) is 6.54 Å². The zero-order valence-electron chi connectivity index (χ0n) is 10.1. The summed E-state index contributed by atoms with van der Waals surface area (Å²) >= 11 is 0. The van der Waals surface area contributed by atoms with Crippen molar-refractivity contribution in [2.45, 2.75) is 32.3 Å². The second kappa shape index (κ2) is 5.65. The van der Waals surface area contributed by atoms with Crippen LogP contribution in [0.2, 0.25) is 0 Å². The van der Waals surface area contributed by atoms with E-state index in [2.05, 4.69) is 5.32 Å². The lowest BCUT2D eigenvalue weighted by molar-refractivity contribution is 0.0457. The smallest absolute Gasteiger partial charge is 0.124 e. The van der Waals surface area contributed by atoms with Crippen molar-refractivity contribution < 1.29 is 9.50 Å². The van der Waals surface area contributed by atoms with Gasteiger partial charge in [-0.2, -0.15) is 5.26 Å². The highest BCUT2D eigenvalue weighted by atomic mass is 19.1. The Labute approximate surface area is 101 Å². The summed E-state index contributed by atoms with van der Waals surface area (Å²) in [5, 5.41) is 22.0. The number of aliphatic hydroxyl groups is 1. The van der Waals surface area contributed by atoms with Gasteiger partial charge in [0.2, 0.25) is 0 Å². The van der Waals surface area contributed by atoms with E-state index in [1.807, 2.05) is 19.9 Å². The molecule has 0 fully saturated rings. The molecule has 1 rings (SSSR count). The summed E-state index contributed by atoms with van der Waals surface area (Å²) in [6.45, 7) is 4.16. The van der Waals surface area contributed by atoms with Crippen LogP contribution >= 0.6 is 0 Å². The second-order valence-electron chi connectivity index (χ2n) is 4.09. The maximum Gasteiger partial charge on any atom is 0.124 e. The van der Waals surface area contributed by atoms with Crippen molar-refractivity contribution in [3.63, 3.8) is 0 Å². The van der Waals surface area contributed by atoms with Gasteiger partial charge in [-0.3, -0.25) is 0 Å². The largest absolute Gasteiger partial charge is 0.388 e. The summed E-state index contributed by atoms with van der Waals surface area (Å²) in [6.07, 6.45) is 1.25. The van der Waals surface area contributed by atoms with E-state index in [-0.39, 0.29) is 5.56 Å². The first-order chi connectivity index (χ1) is 8.04. The van der Waals surface area contributed by atoms with Gasteiger partial charge >= 0.3 is 0 Å². The number of nitrogens with one attached hydrogen (secondary N) is 1. The molecule has 0 radical (unpaired) electrons. The first-order valence-corrected chi connectivity index (χ1v) is 5.70. The number of anilines is 1. The minimum absolute atomic E-state index is 0.250. The normalized spacial score (nSPS) is 11.0. The fraction of sp³-hybridized carbons (Fsp3) is 0.462. The molecular weight excluding hydrogens is 219 g/mol. The second-order valence-corrected chi connectivity index (χ2v) is 4.09. The predicted molar refractivity (Wildman–Crippen MR) is 65.1 cm³/mol. The lowest BCUT2D eigenvalue weighted by Crippen LogP contribution is -2.35. The fourth-order valence-corrected chi connectivity index (χ4v) is 1.52. The average Bonchev–Trinajstić information content (AvgIpc) is 2.36. The summed E-state index contributed by atoms with van der Waals surface area (Å²) in [7, 11) is 0. The molecule has 0 amide bonds. The number of hydrogen-bond acceptors (Lipinski definition) is 3. The van der Waals surface area contributed by atoms with E-state index in [1.165, 1.54) is 18.2 Å². The van der Waals surface area contributed by atoms with Crippen LogP contribution in [0.5, 0.6) is 0 Å². The topological polar surface area (TPSA) is 56.0 Å². The molecule has 0 saturated carbocycles. The van der Waals surface area contributed by atoms with E-state index in [1.54, 1.807) is 0 Å². The van der Waals surface area contributed by atoms with Crippen molar-refractivity contribution >= 4 is 5.69 Å². The maximum atomic E-state index is 12.9. The number of nitriles is 1.